The summed E-state index contributed by atoms with van der Waals surface area (Å²) < 4.78 is 0. The van der Waals surface area contributed by atoms with Gasteiger partial charge in [-0.1, -0.05) is 32.6 Å². The zero-order chi connectivity index (χ0) is 15.5. The Morgan fingerprint density at radius 1 is 1.05 bits per heavy atom. The first-order valence-corrected chi connectivity index (χ1v) is 9.27. The van der Waals surface area contributed by atoms with Crippen molar-refractivity contribution in [2.45, 2.75) is 90.6 Å². The monoisotopic (exact) mass is 294 g/mol. The standard InChI is InChI=1S/C19H38N2/c1-16-10-6-7-11-17(16)21(5)15-19(12-8-9-13-19)14-20-18(2,3)4/h16-17,20H,6-15H2,1-5H3. The molecule has 2 atom stereocenters. The maximum Gasteiger partial charge on any atom is 0.0118 e. The van der Waals surface area contributed by atoms with Crippen LogP contribution >= 0.6 is 0 Å². The molecule has 1 N–H and O–H groups in total. The number of hydrogen-bond donors (Lipinski definition) is 1. The molecule has 2 aliphatic carbocycles. The Labute approximate surface area is 133 Å². The second-order valence-electron chi connectivity index (χ2n) is 9.05. The predicted molar refractivity (Wildman–Crippen MR) is 92.7 cm³/mol. The van der Waals surface area contributed by atoms with E-state index in [4.69, 9.17) is 0 Å². The molecule has 0 saturated heterocycles. The van der Waals surface area contributed by atoms with Crippen LogP contribution in [0.5, 0.6) is 0 Å². The van der Waals surface area contributed by atoms with Gasteiger partial charge in [-0.2, -0.15) is 0 Å². The van der Waals surface area contributed by atoms with Crippen LogP contribution in [0.25, 0.3) is 0 Å². The highest BCUT2D eigenvalue weighted by Gasteiger charge is 2.37. The van der Waals surface area contributed by atoms with E-state index in [1.807, 2.05) is 0 Å². The fourth-order valence-corrected chi connectivity index (χ4v) is 4.57. The Kier molecular flexibility index (Phi) is 5.76. The van der Waals surface area contributed by atoms with Crippen molar-refractivity contribution in [3.05, 3.63) is 0 Å². The zero-order valence-electron chi connectivity index (χ0n) is 15.2. The molecule has 2 aliphatic rings. The summed E-state index contributed by atoms with van der Waals surface area (Å²) in [5.41, 5.74) is 0.769. The third-order valence-electron chi connectivity index (χ3n) is 5.88. The van der Waals surface area contributed by atoms with Gasteiger partial charge in [0.1, 0.15) is 0 Å². The molecular weight excluding hydrogens is 256 g/mol. The third-order valence-corrected chi connectivity index (χ3v) is 5.88. The molecule has 2 rings (SSSR count). The third kappa shape index (κ3) is 4.96. The number of nitrogens with one attached hydrogen (secondary N) is 1. The minimum absolute atomic E-state index is 0.242. The van der Waals surface area contributed by atoms with Crippen LogP contribution < -0.4 is 5.32 Å². The second-order valence-corrected chi connectivity index (χ2v) is 9.05. The van der Waals surface area contributed by atoms with Gasteiger partial charge in [-0.3, -0.25) is 0 Å². The first kappa shape index (κ1) is 17.3. The summed E-state index contributed by atoms with van der Waals surface area (Å²) >= 11 is 0. The Morgan fingerprint density at radius 3 is 2.24 bits per heavy atom. The van der Waals surface area contributed by atoms with Crippen molar-refractivity contribution in [2.24, 2.45) is 11.3 Å². The number of nitrogens with zero attached hydrogens (tertiary/aromatic N) is 1. The maximum atomic E-state index is 3.80. The predicted octanol–water partition coefficient (Wildman–Crippen LogP) is 4.45. The highest BCUT2D eigenvalue weighted by molar-refractivity contribution is 4.93. The van der Waals surface area contributed by atoms with E-state index in [1.54, 1.807) is 0 Å². The molecule has 21 heavy (non-hydrogen) atoms. The van der Waals surface area contributed by atoms with Crippen molar-refractivity contribution in [3.63, 3.8) is 0 Å². The van der Waals surface area contributed by atoms with Crippen molar-refractivity contribution < 1.29 is 0 Å². The molecule has 0 aromatic heterocycles. The van der Waals surface area contributed by atoms with Crippen LogP contribution in [0.2, 0.25) is 0 Å². The second kappa shape index (κ2) is 7.00. The van der Waals surface area contributed by atoms with Crippen molar-refractivity contribution in [3.8, 4) is 0 Å². The molecule has 2 nitrogen and oxygen atoms in total. The summed E-state index contributed by atoms with van der Waals surface area (Å²) in [5.74, 6) is 0.887. The van der Waals surface area contributed by atoms with Gasteiger partial charge in [0.05, 0.1) is 0 Å². The topological polar surface area (TPSA) is 15.3 Å². The normalized spacial score (nSPS) is 30.0. The van der Waals surface area contributed by atoms with Crippen molar-refractivity contribution >= 4 is 0 Å². The van der Waals surface area contributed by atoms with Gasteiger partial charge in [0.15, 0.2) is 0 Å². The fraction of sp³-hybridized carbons (Fsp3) is 1.00. The molecule has 2 fully saturated rings. The highest BCUT2D eigenvalue weighted by atomic mass is 15.1. The minimum Gasteiger partial charge on any atom is -0.311 e. The Hall–Kier alpha value is -0.0800. The summed E-state index contributed by atoms with van der Waals surface area (Å²) in [6.07, 6.45) is 11.4. The summed E-state index contributed by atoms with van der Waals surface area (Å²) in [6.45, 7) is 11.8. The largest absolute Gasteiger partial charge is 0.311 e. The van der Waals surface area contributed by atoms with Crippen LogP contribution in [0.15, 0.2) is 0 Å². The van der Waals surface area contributed by atoms with E-state index < -0.39 is 0 Å². The smallest absolute Gasteiger partial charge is 0.0118 e. The molecule has 0 aromatic rings. The van der Waals surface area contributed by atoms with Crippen LogP contribution in [0.3, 0.4) is 0 Å². The first-order valence-electron chi connectivity index (χ1n) is 9.27. The highest BCUT2D eigenvalue weighted by Crippen LogP contribution is 2.40. The number of hydrogen-bond acceptors (Lipinski definition) is 2. The fourth-order valence-electron chi connectivity index (χ4n) is 4.57. The van der Waals surface area contributed by atoms with Gasteiger partial charge in [-0.25, -0.2) is 0 Å². The summed E-state index contributed by atoms with van der Waals surface area (Å²) in [7, 11) is 2.39. The molecule has 2 saturated carbocycles. The van der Waals surface area contributed by atoms with Crippen LogP contribution in [0, 0.1) is 11.3 Å². The summed E-state index contributed by atoms with van der Waals surface area (Å²) in [4.78, 5) is 2.72. The van der Waals surface area contributed by atoms with Crippen LogP contribution in [-0.4, -0.2) is 36.6 Å². The average molecular weight is 295 g/mol. The van der Waals surface area contributed by atoms with E-state index in [0.717, 1.165) is 12.0 Å². The molecule has 0 heterocycles. The van der Waals surface area contributed by atoms with Crippen LogP contribution in [-0.2, 0) is 0 Å². The lowest BCUT2D eigenvalue weighted by molar-refractivity contribution is 0.0808. The van der Waals surface area contributed by atoms with E-state index in [9.17, 15) is 0 Å². The molecule has 124 valence electrons. The van der Waals surface area contributed by atoms with E-state index in [0.29, 0.717) is 5.41 Å². The Bertz CT molecular complexity index is 312. The van der Waals surface area contributed by atoms with E-state index >= 15 is 0 Å². The van der Waals surface area contributed by atoms with Crippen molar-refractivity contribution in [1.82, 2.24) is 10.2 Å². The molecular formula is C19H38N2. The molecule has 0 spiro atoms. The molecule has 0 radical (unpaired) electrons. The molecule has 2 unspecified atom stereocenters. The van der Waals surface area contributed by atoms with E-state index in [1.165, 1.54) is 64.5 Å². The maximum absolute atomic E-state index is 3.80. The van der Waals surface area contributed by atoms with Crippen molar-refractivity contribution in [2.75, 3.05) is 20.1 Å². The molecule has 0 amide bonds. The SMILES string of the molecule is CC1CCCCC1N(C)CC1(CNC(C)(C)C)CCCC1. The van der Waals surface area contributed by atoms with Gasteiger partial charge in [0.2, 0.25) is 0 Å². The zero-order valence-corrected chi connectivity index (χ0v) is 15.2. The van der Waals surface area contributed by atoms with E-state index in [2.05, 4.69) is 45.0 Å². The van der Waals surface area contributed by atoms with Crippen molar-refractivity contribution in [1.29, 1.82) is 0 Å². The average Bonchev–Trinajstić information content (AvgIpc) is 2.85. The van der Waals surface area contributed by atoms with E-state index in [-0.39, 0.29) is 5.54 Å². The van der Waals surface area contributed by atoms with Gasteiger partial charge in [-0.05, 0) is 64.8 Å². The lowest BCUT2D eigenvalue weighted by Crippen LogP contribution is -2.50. The lowest BCUT2D eigenvalue weighted by atomic mass is 9.81. The summed E-state index contributed by atoms with van der Waals surface area (Å²) in [6, 6.07) is 0.825. The first-order chi connectivity index (χ1) is 9.81. The molecule has 0 aliphatic heterocycles. The van der Waals surface area contributed by atoms with Crippen LogP contribution in [0.4, 0.5) is 0 Å². The van der Waals surface area contributed by atoms with Gasteiger partial charge >= 0.3 is 0 Å². The quantitative estimate of drug-likeness (QED) is 0.806. The van der Waals surface area contributed by atoms with Gasteiger partial charge in [0, 0.05) is 24.7 Å². The molecule has 0 bridgehead atoms. The Balaban J connectivity index is 1.95. The molecule has 2 heteroatoms. The number of rotatable bonds is 5. The van der Waals surface area contributed by atoms with Crippen LogP contribution in [0.1, 0.15) is 79.1 Å². The van der Waals surface area contributed by atoms with Gasteiger partial charge < -0.3 is 10.2 Å². The van der Waals surface area contributed by atoms with Gasteiger partial charge in [-0.15, -0.1) is 0 Å². The minimum atomic E-state index is 0.242. The molecule has 0 aromatic carbocycles. The van der Waals surface area contributed by atoms with Gasteiger partial charge in [0.25, 0.3) is 0 Å². The Morgan fingerprint density at radius 2 is 1.67 bits per heavy atom. The summed E-state index contributed by atoms with van der Waals surface area (Å²) in [5, 5.41) is 3.80. The lowest BCUT2D eigenvalue weighted by Gasteiger charge is -2.42.